The maximum absolute atomic E-state index is 8.63. The van der Waals surface area contributed by atoms with Gasteiger partial charge >= 0.3 is 0 Å². The Morgan fingerprint density at radius 2 is 0.722 bits per heavy atom. The van der Waals surface area contributed by atoms with Gasteiger partial charge in [0.15, 0.2) is 0 Å². The Kier molecular flexibility index (Phi) is 22.9. The van der Waals surface area contributed by atoms with Crippen LogP contribution in [0, 0.1) is 0 Å². The number of phenols is 2. The Hall–Kier alpha value is -1.00. The van der Waals surface area contributed by atoms with Gasteiger partial charge in [0.2, 0.25) is 0 Å². The van der Waals surface area contributed by atoms with Crippen molar-refractivity contribution in [3.8, 4) is 11.5 Å². The smallest absolute Gasteiger partial charge is 0.115 e. The van der Waals surface area contributed by atoms with Crippen LogP contribution in [0.25, 0.3) is 0 Å². The van der Waals surface area contributed by atoms with Gasteiger partial charge in [0, 0.05) is 34.1 Å². The van der Waals surface area contributed by atoms with Gasteiger partial charge in [-0.3, -0.25) is 0 Å². The third kappa shape index (κ3) is 13.1. The molecule has 8 N–H and O–H groups in total. The van der Waals surface area contributed by atoms with Gasteiger partial charge in [-0.15, -0.1) is 0 Å². The minimum atomic E-state index is 0. The van der Waals surface area contributed by atoms with Crippen LogP contribution in [0.4, 0.5) is 0 Å². The van der Waals surface area contributed by atoms with Gasteiger partial charge in [-0.2, -0.15) is 0 Å². The molecule has 0 aliphatic heterocycles. The second-order valence-corrected chi connectivity index (χ2v) is 2.67. The minimum Gasteiger partial charge on any atom is -0.508 e. The SMILES string of the molecule is N.N.Oc1ccccc1.Oc1ccccc1.[Fe].[Fe]. The fourth-order valence-electron chi connectivity index (χ4n) is 0.856. The topological polar surface area (TPSA) is 110 Å². The van der Waals surface area contributed by atoms with Crippen LogP contribution in [0.2, 0.25) is 0 Å². The van der Waals surface area contributed by atoms with E-state index in [9.17, 15) is 0 Å². The molecule has 0 amide bonds. The monoisotopic (exact) mass is 334 g/mol. The van der Waals surface area contributed by atoms with Gasteiger partial charge in [-0.25, -0.2) is 0 Å². The van der Waals surface area contributed by atoms with Crippen LogP contribution >= 0.6 is 0 Å². The first kappa shape index (κ1) is 25.8. The third-order valence-corrected chi connectivity index (χ3v) is 1.51. The third-order valence-electron chi connectivity index (χ3n) is 1.51. The molecule has 0 bridgehead atoms. The molecular weight excluding hydrogens is 316 g/mol. The Balaban J connectivity index is -0.0000000891. The van der Waals surface area contributed by atoms with Crippen molar-refractivity contribution in [3.05, 3.63) is 60.7 Å². The Morgan fingerprint density at radius 1 is 0.500 bits per heavy atom. The van der Waals surface area contributed by atoms with E-state index in [-0.39, 0.29) is 46.4 Å². The van der Waals surface area contributed by atoms with Gasteiger partial charge in [-0.05, 0) is 24.3 Å². The molecule has 0 saturated carbocycles. The van der Waals surface area contributed by atoms with E-state index in [4.69, 9.17) is 10.2 Å². The van der Waals surface area contributed by atoms with E-state index in [0.717, 1.165) is 0 Å². The zero-order valence-corrected chi connectivity index (χ0v) is 12.0. The average Bonchev–Trinajstić information content (AvgIpc) is 2.21. The minimum absolute atomic E-state index is 0. The van der Waals surface area contributed by atoms with Crippen molar-refractivity contribution in [3.63, 3.8) is 0 Å². The van der Waals surface area contributed by atoms with Crippen molar-refractivity contribution in [2.24, 2.45) is 0 Å². The van der Waals surface area contributed by atoms with E-state index in [1.165, 1.54) is 0 Å². The summed E-state index contributed by atoms with van der Waals surface area (Å²) in [6.07, 6.45) is 0. The molecule has 0 aliphatic rings. The summed E-state index contributed by atoms with van der Waals surface area (Å²) in [5.41, 5.74) is 0. The zero-order chi connectivity index (χ0) is 10.2. The van der Waals surface area contributed by atoms with Crippen LogP contribution in [0.1, 0.15) is 0 Å². The standard InChI is InChI=1S/2C6H6O.2Fe.2H3N/c2*7-6-4-2-1-3-5-6;;;;/h2*1-5,7H;;;2*1H3. The average molecular weight is 334 g/mol. The summed E-state index contributed by atoms with van der Waals surface area (Å²) in [5.74, 6) is 0.644. The summed E-state index contributed by atoms with van der Waals surface area (Å²) in [6.45, 7) is 0. The number of para-hydroxylation sites is 2. The Bertz CT molecular complexity index is 323. The molecule has 0 aliphatic carbocycles. The fourth-order valence-corrected chi connectivity index (χ4v) is 0.856. The van der Waals surface area contributed by atoms with E-state index < -0.39 is 0 Å². The normalized spacial score (nSPS) is 6.67. The molecule has 0 aromatic heterocycles. The molecular formula is C12H18Fe2N2O2. The molecule has 0 radical (unpaired) electrons. The van der Waals surface area contributed by atoms with E-state index in [2.05, 4.69) is 0 Å². The first-order valence-electron chi connectivity index (χ1n) is 4.27. The van der Waals surface area contributed by atoms with Gasteiger partial charge in [-0.1, -0.05) is 36.4 Å². The van der Waals surface area contributed by atoms with E-state index >= 15 is 0 Å². The number of aromatic hydroxyl groups is 2. The van der Waals surface area contributed by atoms with Crippen LogP contribution in [0.15, 0.2) is 60.7 Å². The zero-order valence-electron chi connectivity index (χ0n) is 9.79. The Labute approximate surface area is 129 Å². The number of hydrogen-bond donors (Lipinski definition) is 4. The van der Waals surface area contributed by atoms with E-state index in [1.807, 2.05) is 12.1 Å². The molecule has 104 valence electrons. The second-order valence-electron chi connectivity index (χ2n) is 2.67. The van der Waals surface area contributed by atoms with Gasteiger partial charge in [0.1, 0.15) is 11.5 Å². The van der Waals surface area contributed by atoms with Crippen molar-refractivity contribution in [1.82, 2.24) is 12.3 Å². The predicted octanol–water partition coefficient (Wildman–Crippen LogP) is 3.10. The second kappa shape index (κ2) is 16.0. The molecule has 18 heavy (non-hydrogen) atoms. The van der Waals surface area contributed by atoms with Crippen LogP contribution in [-0.4, -0.2) is 10.2 Å². The van der Waals surface area contributed by atoms with E-state index in [0.29, 0.717) is 11.5 Å². The summed E-state index contributed by atoms with van der Waals surface area (Å²) >= 11 is 0. The number of rotatable bonds is 0. The van der Waals surface area contributed by atoms with Crippen molar-refractivity contribution in [1.29, 1.82) is 0 Å². The molecule has 6 heteroatoms. The molecule has 0 saturated heterocycles. The van der Waals surface area contributed by atoms with Crippen LogP contribution in [0.5, 0.6) is 11.5 Å². The van der Waals surface area contributed by atoms with Gasteiger partial charge in [0.25, 0.3) is 0 Å². The van der Waals surface area contributed by atoms with Crippen molar-refractivity contribution < 1.29 is 44.4 Å². The van der Waals surface area contributed by atoms with E-state index in [1.54, 1.807) is 48.5 Å². The first-order valence-corrected chi connectivity index (χ1v) is 4.27. The van der Waals surface area contributed by atoms with Crippen molar-refractivity contribution >= 4 is 0 Å². The van der Waals surface area contributed by atoms with Gasteiger partial charge < -0.3 is 22.5 Å². The molecule has 2 aromatic rings. The predicted molar refractivity (Wildman–Crippen MR) is 66.3 cm³/mol. The quantitative estimate of drug-likeness (QED) is 0.555. The largest absolute Gasteiger partial charge is 0.508 e. The molecule has 0 heterocycles. The number of hydrogen-bond acceptors (Lipinski definition) is 4. The van der Waals surface area contributed by atoms with Crippen LogP contribution in [0.3, 0.4) is 0 Å². The van der Waals surface area contributed by atoms with Crippen LogP contribution < -0.4 is 12.3 Å². The molecule has 2 aromatic carbocycles. The summed E-state index contributed by atoms with van der Waals surface area (Å²) < 4.78 is 0. The molecule has 0 fully saturated rings. The Morgan fingerprint density at radius 3 is 0.833 bits per heavy atom. The maximum Gasteiger partial charge on any atom is 0.115 e. The number of benzene rings is 2. The fraction of sp³-hybridized carbons (Fsp3) is 0. The van der Waals surface area contributed by atoms with Crippen LogP contribution in [-0.2, 0) is 34.1 Å². The molecule has 0 atom stereocenters. The number of phenolic OH excluding ortho intramolecular Hbond substituents is 2. The molecule has 0 unspecified atom stereocenters. The summed E-state index contributed by atoms with van der Waals surface area (Å²) in [6, 6.07) is 17.4. The maximum atomic E-state index is 8.63. The molecule has 4 nitrogen and oxygen atoms in total. The summed E-state index contributed by atoms with van der Waals surface area (Å²) in [4.78, 5) is 0. The molecule has 0 spiro atoms. The first-order chi connectivity index (χ1) is 6.79. The molecule has 2 rings (SSSR count). The summed E-state index contributed by atoms with van der Waals surface area (Å²) in [5, 5.41) is 17.3. The van der Waals surface area contributed by atoms with Crippen molar-refractivity contribution in [2.75, 3.05) is 0 Å². The van der Waals surface area contributed by atoms with Gasteiger partial charge in [0.05, 0.1) is 0 Å². The summed E-state index contributed by atoms with van der Waals surface area (Å²) in [7, 11) is 0. The van der Waals surface area contributed by atoms with Crippen molar-refractivity contribution in [2.45, 2.75) is 0 Å².